The van der Waals surface area contributed by atoms with Crippen LogP contribution in [0.25, 0.3) is 0 Å². The molecule has 2 aromatic carbocycles. The fourth-order valence-corrected chi connectivity index (χ4v) is 2.86. The van der Waals surface area contributed by atoms with E-state index >= 15 is 0 Å². The van der Waals surface area contributed by atoms with Crippen LogP contribution in [0.5, 0.6) is 5.75 Å². The van der Waals surface area contributed by atoms with Crippen molar-refractivity contribution in [1.82, 2.24) is 9.80 Å². The lowest BCUT2D eigenvalue weighted by molar-refractivity contribution is 0.0824. The normalized spacial score (nSPS) is 15.9. The van der Waals surface area contributed by atoms with Crippen LogP contribution in [-0.2, 0) is 10.5 Å². The molecule has 1 amide bonds. The molecule has 1 unspecified atom stereocenters. The van der Waals surface area contributed by atoms with Gasteiger partial charge in [-0.1, -0.05) is 63.6 Å². The summed E-state index contributed by atoms with van der Waals surface area (Å²) in [4.78, 5) is 15.3. The number of methoxy groups -OCH3 is 1. The lowest BCUT2D eigenvalue weighted by Gasteiger charge is -2.20. The molecule has 0 spiro atoms. The van der Waals surface area contributed by atoms with Gasteiger partial charge in [0.05, 0.1) is 19.3 Å². The number of aryl methyl sites for hydroxylation is 2. The number of carbonyl (C=O) groups is 1. The van der Waals surface area contributed by atoms with E-state index in [0.717, 1.165) is 12.2 Å². The minimum absolute atomic E-state index is 0.0400. The number of likely N-dealkylation sites (N-methyl/N-ethyl adjacent to an activating group) is 1. The summed E-state index contributed by atoms with van der Waals surface area (Å²) in [6, 6.07) is 14.0. The van der Waals surface area contributed by atoms with Crippen LogP contribution in [0, 0.1) is 13.8 Å². The number of nitrogens with zero attached hydrogens (tertiary/aromatic N) is 2. The van der Waals surface area contributed by atoms with Gasteiger partial charge in [-0.15, -0.1) is 0 Å². The van der Waals surface area contributed by atoms with Crippen LogP contribution in [0.15, 0.2) is 42.5 Å². The first-order valence-electron chi connectivity index (χ1n) is 11.0. The lowest BCUT2D eigenvalue weighted by Crippen LogP contribution is -2.29. The summed E-state index contributed by atoms with van der Waals surface area (Å²) in [5.41, 5.74) is 4.10. The number of hydrogen-bond donors (Lipinski definition) is 0. The molecular formula is C26H42N2O3. The molecule has 1 aliphatic heterocycles. The van der Waals surface area contributed by atoms with Crippen LogP contribution >= 0.6 is 0 Å². The van der Waals surface area contributed by atoms with Gasteiger partial charge in [-0.3, -0.25) is 9.69 Å². The Morgan fingerprint density at radius 2 is 1.48 bits per heavy atom. The second-order valence-electron chi connectivity index (χ2n) is 7.24. The van der Waals surface area contributed by atoms with Gasteiger partial charge in [-0.2, -0.15) is 0 Å². The summed E-state index contributed by atoms with van der Waals surface area (Å²) in [5, 5.41) is 0. The minimum Gasteiger partial charge on any atom is -0.496 e. The van der Waals surface area contributed by atoms with Crippen molar-refractivity contribution < 1.29 is 14.3 Å². The molecule has 0 saturated carbocycles. The van der Waals surface area contributed by atoms with E-state index in [1.165, 1.54) is 16.0 Å². The van der Waals surface area contributed by atoms with E-state index in [9.17, 15) is 4.79 Å². The minimum atomic E-state index is -0.133. The second kappa shape index (κ2) is 13.8. The number of carbonyl (C=O) groups excluding carboxylic acids is 1. The molecule has 0 aliphatic carbocycles. The monoisotopic (exact) mass is 430 g/mol. The zero-order valence-electron chi connectivity index (χ0n) is 21.4. The SMILES string of the molecule is CC.CC.COc1cc(C)ccc1C(=O)N(C)C.Cc1cccc(C2(N(C)C)CO2)c1. The Balaban J connectivity index is 0.000000501. The van der Waals surface area contributed by atoms with E-state index in [1.54, 1.807) is 27.3 Å². The van der Waals surface area contributed by atoms with E-state index in [0.29, 0.717) is 11.3 Å². The van der Waals surface area contributed by atoms with Crippen molar-refractivity contribution in [2.45, 2.75) is 47.3 Å². The van der Waals surface area contributed by atoms with Gasteiger partial charge in [0.15, 0.2) is 5.72 Å². The predicted molar refractivity (Wildman–Crippen MR) is 131 cm³/mol. The van der Waals surface area contributed by atoms with Crippen LogP contribution in [0.3, 0.4) is 0 Å². The molecule has 0 aromatic heterocycles. The Labute approximate surface area is 190 Å². The van der Waals surface area contributed by atoms with Gasteiger partial charge in [0, 0.05) is 19.7 Å². The quantitative estimate of drug-likeness (QED) is 0.601. The number of ether oxygens (including phenoxy) is 2. The standard InChI is InChI=1S/C11H15NO2.C11H15NO.2C2H6/c1-8-5-6-9(10(7-8)14-4)11(13)12(2)3;1-9-5-4-6-10(7-9)11(8-13-11)12(2)3;2*1-2/h5-7H,1-4H3;4-7H,8H2,1-3H3;2*1-2H3. The molecule has 1 heterocycles. The highest BCUT2D eigenvalue weighted by atomic mass is 16.6. The molecule has 1 saturated heterocycles. The van der Waals surface area contributed by atoms with E-state index in [1.807, 2.05) is 46.8 Å². The molecule has 5 nitrogen and oxygen atoms in total. The van der Waals surface area contributed by atoms with Crippen LogP contribution < -0.4 is 4.74 Å². The summed E-state index contributed by atoms with van der Waals surface area (Å²) in [7, 11) is 9.12. The van der Waals surface area contributed by atoms with Crippen molar-refractivity contribution in [2.75, 3.05) is 41.9 Å². The Morgan fingerprint density at radius 1 is 0.935 bits per heavy atom. The van der Waals surface area contributed by atoms with Crippen molar-refractivity contribution in [2.24, 2.45) is 0 Å². The highest BCUT2D eigenvalue weighted by molar-refractivity contribution is 5.96. The van der Waals surface area contributed by atoms with Crippen molar-refractivity contribution >= 4 is 5.91 Å². The van der Waals surface area contributed by atoms with Gasteiger partial charge < -0.3 is 14.4 Å². The third-order valence-electron chi connectivity index (χ3n) is 4.60. The molecule has 2 aromatic rings. The topological polar surface area (TPSA) is 45.3 Å². The first-order valence-corrected chi connectivity index (χ1v) is 11.0. The van der Waals surface area contributed by atoms with Crippen molar-refractivity contribution in [3.05, 3.63) is 64.7 Å². The van der Waals surface area contributed by atoms with Gasteiger partial charge in [0.25, 0.3) is 5.91 Å². The smallest absolute Gasteiger partial charge is 0.257 e. The molecule has 0 bridgehead atoms. The first-order chi connectivity index (χ1) is 14.7. The highest BCUT2D eigenvalue weighted by Gasteiger charge is 2.48. The zero-order chi connectivity index (χ0) is 24.2. The maximum Gasteiger partial charge on any atom is 0.257 e. The summed E-state index contributed by atoms with van der Waals surface area (Å²) in [6.07, 6.45) is 0. The van der Waals surface area contributed by atoms with E-state index < -0.39 is 0 Å². The molecular weight excluding hydrogens is 388 g/mol. The molecule has 1 atom stereocenters. The van der Waals surface area contributed by atoms with Crippen LogP contribution in [-0.4, -0.2) is 57.6 Å². The van der Waals surface area contributed by atoms with E-state index in [-0.39, 0.29) is 11.6 Å². The van der Waals surface area contributed by atoms with E-state index in [2.05, 4.69) is 50.2 Å². The first kappa shape index (κ1) is 28.6. The average Bonchev–Trinajstić information content (AvgIpc) is 3.59. The van der Waals surface area contributed by atoms with Crippen LogP contribution in [0.1, 0.15) is 54.7 Å². The highest BCUT2D eigenvalue weighted by Crippen LogP contribution is 2.40. The molecule has 31 heavy (non-hydrogen) atoms. The van der Waals surface area contributed by atoms with Crippen LogP contribution in [0.4, 0.5) is 0 Å². The van der Waals surface area contributed by atoms with Gasteiger partial charge in [-0.25, -0.2) is 0 Å². The maximum atomic E-state index is 11.7. The molecule has 5 heteroatoms. The molecule has 0 radical (unpaired) electrons. The van der Waals surface area contributed by atoms with Crippen LogP contribution in [0.2, 0.25) is 0 Å². The summed E-state index contributed by atoms with van der Waals surface area (Å²) in [5.74, 6) is 0.588. The van der Waals surface area contributed by atoms with Gasteiger partial charge in [0.2, 0.25) is 0 Å². The zero-order valence-corrected chi connectivity index (χ0v) is 21.4. The largest absolute Gasteiger partial charge is 0.496 e. The summed E-state index contributed by atoms with van der Waals surface area (Å²) in [6.45, 7) is 12.9. The molecule has 0 N–H and O–H groups in total. The average molecular weight is 431 g/mol. The van der Waals surface area contributed by atoms with Crippen molar-refractivity contribution in [3.8, 4) is 5.75 Å². The Kier molecular flexibility index (Phi) is 12.8. The number of amides is 1. The van der Waals surface area contributed by atoms with Gasteiger partial charge in [0.1, 0.15) is 5.75 Å². The summed E-state index contributed by atoms with van der Waals surface area (Å²) >= 11 is 0. The Bertz CT molecular complexity index is 797. The fraction of sp³-hybridized carbons (Fsp3) is 0.500. The number of epoxide rings is 1. The molecule has 1 fully saturated rings. The molecule has 1 aliphatic rings. The predicted octanol–water partition coefficient (Wildman–Crippen LogP) is 5.50. The Hall–Kier alpha value is -2.37. The van der Waals surface area contributed by atoms with Gasteiger partial charge in [-0.05, 0) is 45.6 Å². The molecule has 3 rings (SSSR count). The number of hydrogen-bond acceptors (Lipinski definition) is 4. The lowest BCUT2D eigenvalue weighted by atomic mass is 10.0. The van der Waals surface area contributed by atoms with Gasteiger partial charge >= 0.3 is 0 Å². The number of rotatable bonds is 4. The second-order valence-corrected chi connectivity index (χ2v) is 7.24. The third kappa shape index (κ3) is 8.00. The maximum absolute atomic E-state index is 11.7. The Morgan fingerprint density at radius 3 is 1.90 bits per heavy atom. The van der Waals surface area contributed by atoms with Crippen molar-refractivity contribution in [3.63, 3.8) is 0 Å². The van der Waals surface area contributed by atoms with Crippen molar-refractivity contribution in [1.29, 1.82) is 0 Å². The third-order valence-corrected chi connectivity index (χ3v) is 4.60. The van der Waals surface area contributed by atoms with E-state index in [4.69, 9.17) is 9.47 Å². The summed E-state index contributed by atoms with van der Waals surface area (Å²) < 4.78 is 10.7. The fourth-order valence-electron chi connectivity index (χ4n) is 2.86. The molecule has 174 valence electrons. The number of benzene rings is 2.